The second-order valence-corrected chi connectivity index (χ2v) is 3.98. The summed E-state index contributed by atoms with van der Waals surface area (Å²) in [5, 5.41) is 10.1. The summed E-state index contributed by atoms with van der Waals surface area (Å²) in [4.78, 5) is 0. The van der Waals surface area contributed by atoms with Gasteiger partial charge in [0.15, 0.2) is 0 Å². The monoisotopic (exact) mass is 183 g/mol. The molecule has 76 valence electrons. The zero-order chi connectivity index (χ0) is 10.4. The molecule has 0 amide bonds. The number of nitrogens with zero attached hydrogens (tertiary/aromatic N) is 3. The van der Waals surface area contributed by atoms with Gasteiger partial charge < -0.3 is 0 Å². The molecular formula is C10H21N3. The van der Waals surface area contributed by atoms with Gasteiger partial charge in [-0.2, -0.15) is 0 Å². The van der Waals surface area contributed by atoms with Gasteiger partial charge >= 0.3 is 0 Å². The molecule has 0 saturated heterocycles. The minimum Gasteiger partial charge on any atom is -0.274 e. The van der Waals surface area contributed by atoms with Crippen LogP contribution in [0.5, 0.6) is 0 Å². The Kier molecular flexibility index (Phi) is 5.35. The third-order valence-corrected chi connectivity index (χ3v) is 1.53. The summed E-state index contributed by atoms with van der Waals surface area (Å²) in [6.07, 6.45) is 1.78. The maximum Gasteiger partial charge on any atom is 0.0499 e. The quantitative estimate of drug-likeness (QED) is 0.485. The zero-order valence-corrected chi connectivity index (χ0v) is 9.57. The molecule has 3 heteroatoms. The molecule has 0 aromatic carbocycles. The van der Waals surface area contributed by atoms with Crippen molar-refractivity contribution < 1.29 is 0 Å². The first-order chi connectivity index (χ1) is 5.95. The van der Waals surface area contributed by atoms with Crippen LogP contribution >= 0.6 is 0 Å². The Morgan fingerprint density at radius 3 is 1.85 bits per heavy atom. The molecule has 0 aromatic rings. The van der Waals surface area contributed by atoms with Gasteiger partial charge in [0.05, 0.1) is 0 Å². The van der Waals surface area contributed by atoms with Gasteiger partial charge in [-0.3, -0.25) is 5.01 Å². The highest BCUT2D eigenvalue weighted by Crippen LogP contribution is 2.06. The Labute approximate surface area is 81.5 Å². The van der Waals surface area contributed by atoms with Gasteiger partial charge in [-0.05, 0) is 41.5 Å². The van der Waals surface area contributed by atoms with Crippen molar-refractivity contribution in [3.63, 3.8) is 0 Å². The summed E-state index contributed by atoms with van der Waals surface area (Å²) in [6, 6.07) is 0.795. The standard InChI is InChI=1S/C10H21N3/c1-8(2)7-11-12-13(9(3)4)10(5)6/h7,9-10H,1-6H3/b12-11+. The lowest BCUT2D eigenvalue weighted by molar-refractivity contribution is 0.169. The fraction of sp³-hybridized carbons (Fsp3) is 0.800. The summed E-state index contributed by atoms with van der Waals surface area (Å²) in [5.74, 6) is 0. The van der Waals surface area contributed by atoms with E-state index in [1.165, 1.54) is 0 Å². The van der Waals surface area contributed by atoms with E-state index in [0.29, 0.717) is 12.1 Å². The zero-order valence-electron chi connectivity index (χ0n) is 9.57. The highest BCUT2D eigenvalue weighted by atomic mass is 15.6. The van der Waals surface area contributed by atoms with Crippen LogP contribution in [0.4, 0.5) is 0 Å². The average Bonchev–Trinajstić information content (AvgIpc) is 1.95. The van der Waals surface area contributed by atoms with Crippen LogP contribution in [0, 0.1) is 0 Å². The smallest absolute Gasteiger partial charge is 0.0499 e. The predicted molar refractivity (Wildman–Crippen MR) is 56.4 cm³/mol. The van der Waals surface area contributed by atoms with Crippen molar-refractivity contribution in [2.45, 2.75) is 53.6 Å². The van der Waals surface area contributed by atoms with Gasteiger partial charge in [-0.25, -0.2) is 0 Å². The topological polar surface area (TPSA) is 28.0 Å². The molecule has 0 bridgehead atoms. The molecule has 0 aliphatic rings. The maximum absolute atomic E-state index is 4.14. The van der Waals surface area contributed by atoms with Crippen molar-refractivity contribution >= 4 is 0 Å². The molecule has 0 unspecified atom stereocenters. The third kappa shape index (κ3) is 5.39. The van der Waals surface area contributed by atoms with Crippen LogP contribution in [-0.2, 0) is 0 Å². The van der Waals surface area contributed by atoms with Gasteiger partial charge in [0, 0.05) is 18.3 Å². The molecular weight excluding hydrogens is 162 g/mol. The lowest BCUT2D eigenvalue weighted by Crippen LogP contribution is -2.31. The SMILES string of the molecule is CC(C)=C/N=N/N(C(C)C)C(C)C. The average molecular weight is 183 g/mol. The van der Waals surface area contributed by atoms with E-state index in [1.807, 2.05) is 18.9 Å². The Hall–Kier alpha value is -0.860. The van der Waals surface area contributed by atoms with E-state index in [-0.39, 0.29) is 0 Å². The number of hydrogen-bond donors (Lipinski definition) is 0. The van der Waals surface area contributed by atoms with Crippen molar-refractivity contribution in [1.29, 1.82) is 0 Å². The highest BCUT2D eigenvalue weighted by molar-refractivity contribution is 4.90. The number of allylic oxidation sites excluding steroid dienone is 1. The van der Waals surface area contributed by atoms with E-state index in [4.69, 9.17) is 0 Å². The predicted octanol–water partition coefficient (Wildman–Crippen LogP) is 3.40. The fourth-order valence-electron chi connectivity index (χ4n) is 1.00. The molecule has 0 spiro atoms. The second-order valence-electron chi connectivity index (χ2n) is 3.98. The summed E-state index contributed by atoms with van der Waals surface area (Å²) in [5.41, 5.74) is 1.16. The van der Waals surface area contributed by atoms with Gasteiger partial charge in [0.25, 0.3) is 0 Å². The second kappa shape index (κ2) is 5.73. The molecule has 0 aliphatic carbocycles. The first-order valence-electron chi connectivity index (χ1n) is 4.77. The Balaban J connectivity index is 4.26. The normalized spacial score (nSPS) is 11.4. The van der Waals surface area contributed by atoms with E-state index in [0.717, 1.165) is 5.57 Å². The van der Waals surface area contributed by atoms with Crippen molar-refractivity contribution in [3.8, 4) is 0 Å². The van der Waals surface area contributed by atoms with Crippen LogP contribution in [0.3, 0.4) is 0 Å². The van der Waals surface area contributed by atoms with Crippen LogP contribution in [0.25, 0.3) is 0 Å². The summed E-state index contributed by atoms with van der Waals surface area (Å²) in [6.45, 7) is 12.5. The lowest BCUT2D eigenvalue weighted by atomic mass is 10.3. The Morgan fingerprint density at radius 1 is 1.08 bits per heavy atom. The van der Waals surface area contributed by atoms with E-state index >= 15 is 0 Å². The van der Waals surface area contributed by atoms with Crippen molar-refractivity contribution in [1.82, 2.24) is 5.01 Å². The van der Waals surface area contributed by atoms with Crippen LogP contribution in [0.2, 0.25) is 0 Å². The summed E-state index contributed by atoms with van der Waals surface area (Å²) < 4.78 is 0. The van der Waals surface area contributed by atoms with Gasteiger partial charge in [-0.1, -0.05) is 10.8 Å². The molecule has 0 N–H and O–H groups in total. The molecule has 0 atom stereocenters. The van der Waals surface area contributed by atoms with E-state index in [9.17, 15) is 0 Å². The molecule has 13 heavy (non-hydrogen) atoms. The van der Waals surface area contributed by atoms with E-state index in [1.54, 1.807) is 6.20 Å². The van der Waals surface area contributed by atoms with Gasteiger partial charge in [0.2, 0.25) is 0 Å². The maximum atomic E-state index is 4.14. The molecule has 0 heterocycles. The van der Waals surface area contributed by atoms with Crippen molar-refractivity contribution in [3.05, 3.63) is 11.8 Å². The molecule has 0 radical (unpaired) electrons. The van der Waals surface area contributed by atoms with Gasteiger partial charge in [0.1, 0.15) is 0 Å². The van der Waals surface area contributed by atoms with Crippen molar-refractivity contribution in [2.75, 3.05) is 0 Å². The molecule has 0 saturated carbocycles. The van der Waals surface area contributed by atoms with Crippen LogP contribution in [-0.4, -0.2) is 17.1 Å². The van der Waals surface area contributed by atoms with Crippen LogP contribution < -0.4 is 0 Å². The molecule has 0 aliphatic heterocycles. The molecule has 0 fully saturated rings. The Bertz CT molecular complexity index is 180. The summed E-state index contributed by atoms with van der Waals surface area (Å²) in [7, 11) is 0. The Morgan fingerprint density at radius 2 is 1.54 bits per heavy atom. The first-order valence-corrected chi connectivity index (χ1v) is 4.77. The van der Waals surface area contributed by atoms with E-state index in [2.05, 4.69) is 38.0 Å². The number of rotatable bonds is 4. The van der Waals surface area contributed by atoms with Crippen LogP contribution in [0.15, 0.2) is 22.1 Å². The fourth-order valence-corrected chi connectivity index (χ4v) is 1.00. The lowest BCUT2D eigenvalue weighted by Gasteiger charge is -2.25. The number of hydrogen-bond acceptors (Lipinski definition) is 2. The first kappa shape index (κ1) is 12.1. The van der Waals surface area contributed by atoms with E-state index < -0.39 is 0 Å². The largest absolute Gasteiger partial charge is 0.274 e. The molecule has 3 nitrogen and oxygen atoms in total. The summed E-state index contributed by atoms with van der Waals surface area (Å²) >= 11 is 0. The molecule has 0 aromatic heterocycles. The third-order valence-electron chi connectivity index (χ3n) is 1.53. The minimum absolute atomic E-state index is 0.398. The minimum atomic E-state index is 0.398. The van der Waals surface area contributed by atoms with Crippen LogP contribution in [0.1, 0.15) is 41.5 Å². The van der Waals surface area contributed by atoms with Crippen molar-refractivity contribution in [2.24, 2.45) is 10.3 Å². The molecule has 0 rings (SSSR count). The highest BCUT2D eigenvalue weighted by Gasteiger charge is 2.09. The van der Waals surface area contributed by atoms with Gasteiger partial charge in [-0.15, -0.1) is 5.11 Å².